The summed E-state index contributed by atoms with van der Waals surface area (Å²) < 4.78 is 0. The van der Waals surface area contributed by atoms with Crippen molar-refractivity contribution in [3.63, 3.8) is 0 Å². The van der Waals surface area contributed by atoms with Crippen LogP contribution in [0.2, 0.25) is 0 Å². The van der Waals surface area contributed by atoms with Crippen molar-refractivity contribution < 1.29 is 20.1 Å². The van der Waals surface area contributed by atoms with Gasteiger partial charge in [-0.05, 0) is 0 Å². The largest absolute Gasteiger partial charge is 0.476 e. The summed E-state index contributed by atoms with van der Waals surface area (Å²) in [6, 6.07) is 1.70. The fourth-order valence-electron chi connectivity index (χ4n) is 0.922. The summed E-state index contributed by atoms with van der Waals surface area (Å²) in [5, 5.41) is 36.8. The number of rotatable bonds is 4. The van der Waals surface area contributed by atoms with Crippen LogP contribution in [0.1, 0.15) is 28.0 Å². The van der Waals surface area contributed by atoms with Crippen molar-refractivity contribution in [2.45, 2.75) is 18.6 Å². The lowest BCUT2D eigenvalue weighted by Gasteiger charge is -2.11. The molecule has 6 nitrogen and oxygen atoms in total. The van der Waals surface area contributed by atoms with Crippen LogP contribution < -0.4 is 0 Å². The zero-order valence-corrected chi connectivity index (χ0v) is 8.31. The maximum atomic E-state index is 10.5. The van der Waals surface area contributed by atoms with Crippen LogP contribution in [0.25, 0.3) is 0 Å². The Bertz CT molecular complexity index is 398. The highest BCUT2D eigenvalue weighted by atomic mass is 32.1. The molecule has 0 aliphatic heterocycles. The van der Waals surface area contributed by atoms with E-state index in [1.165, 1.54) is 5.38 Å². The summed E-state index contributed by atoms with van der Waals surface area (Å²) in [6.07, 6.45) is -2.81. The average molecular weight is 228 g/mol. The number of nitriles is 1. The van der Waals surface area contributed by atoms with Gasteiger partial charge in [-0.1, -0.05) is 0 Å². The molecule has 1 aromatic heterocycles. The van der Waals surface area contributed by atoms with Gasteiger partial charge in [0.05, 0.1) is 24.3 Å². The van der Waals surface area contributed by atoms with Crippen molar-refractivity contribution >= 4 is 17.3 Å². The predicted molar refractivity (Wildman–Crippen MR) is 50.3 cm³/mol. The number of carbonyl (C=O) groups is 1. The highest BCUT2D eigenvalue weighted by Gasteiger charge is 2.22. The summed E-state index contributed by atoms with van der Waals surface area (Å²) in [7, 11) is 0. The molecule has 3 N–H and O–H groups in total. The van der Waals surface area contributed by atoms with Crippen molar-refractivity contribution in [3.05, 3.63) is 16.1 Å². The summed E-state index contributed by atoms with van der Waals surface area (Å²) in [4.78, 5) is 14.1. The Kier molecular flexibility index (Phi) is 3.74. The molecular weight excluding hydrogens is 220 g/mol. The molecule has 0 fully saturated rings. The Morgan fingerprint density at radius 3 is 2.80 bits per heavy atom. The molecule has 0 radical (unpaired) electrons. The Morgan fingerprint density at radius 2 is 2.33 bits per heavy atom. The minimum absolute atomic E-state index is 0.0696. The van der Waals surface area contributed by atoms with Crippen LogP contribution in [0.4, 0.5) is 0 Å². The molecule has 1 heterocycles. The van der Waals surface area contributed by atoms with Crippen LogP contribution in [0.15, 0.2) is 5.38 Å². The first-order valence-corrected chi connectivity index (χ1v) is 4.86. The first-order valence-electron chi connectivity index (χ1n) is 3.98. The third-order valence-corrected chi connectivity index (χ3v) is 2.52. The van der Waals surface area contributed by atoms with Gasteiger partial charge in [-0.15, -0.1) is 11.3 Å². The Morgan fingerprint density at radius 1 is 1.67 bits per heavy atom. The number of thiazole rings is 1. The van der Waals surface area contributed by atoms with Gasteiger partial charge in [-0.25, -0.2) is 9.78 Å². The molecule has 80 valence electrons. The minimum Gasteiger partial charge on any atom is -0.476 e. The second-order valence-electron chi connectivity index (χ2n) is 2.76. The minimum atomic E-state index is -1.33. The van der Waals surface area contributed by atoms with Gasteiger partial charge in [0, 0.05) is 5.38 Å². The summed E-state index contributed by atoms with van der Waals surface area (Å²) in [6.45, 7) is 0. The number of aromatic carboxylic acids is 1. The van der Waals surface area contributed by atoms with E-state index in [4.69, 9.17) is 10.4 Å². The standard InChI is InChI=1S/C8H8N2O4S/c9-2-1-5(11)6(12)4-3-15-7(10-4)8(13)14/h3,5-6,11-12H,1H2,(H,13,14). The molecule has 0 saturated heterocycles. The third kappa shape index (κ3) is 2.73. The first kappa shape index (κ1) is 11.6. The number of carboxylic acid groups (broad SMARTS) is 1. The highest BCUT2D eigenvalue weighted by Crippen LogP contribution is 2.20. The summed E-state index contributed by atoms with van der Waals surface area (Å²) >= 11 is 0.857. The van der Waals surface area contributed by atoms with Crippen LogP contribution in [-0.4, -0.2) is 32.4 Å². The van der Waals surface area contributed by atoms with E-state index in [1.54, 1.807) is 6.07 Å². The topological polar surface area (TPSA) is 114 Å². The quantitative estimate of drug-likeness (QED) is 0.675. The molecule has 2 unspecified atom stereocenters. The van der Waals surface area contributed by atoms with Crippen LogP contribution in [0, 0.1) is 11.3 Å². The van der Waals surface area contributed by atoms with E-state index < -0.39 is 18.2 Å². The number of aliphatic hydroxyl groups is 2. The Hall–Kier alpha value is -1.49. The molecule has 7 heteroatoms. The van der Waals surface area contributed by atoms with Crippen molar-refractivity contribution in [2.75, 3.05) is 0 Å². The molecule has 0 saturated carbocycles. The summed E-state index contributed by atoms with van der Waals surface area (Å²) in [5.41, 5.74) is 0.0696. The van der Waals surface area contributed by atoms with Crippen LogP contribution in [0.3, 0.4) is 0 Å². The lowest BCUT2D eigenvalue weighted by Crippen LogP contribution is -2.18. The fraction of sp³-hybridized carbons (Fsp3) is 0.375. The van der Waals surface area contributed by atoms with Crippen molar-refractivity contribution in [2.24, 2.45) is 0 Å². The zero-order valence-electron chi connectivity index (χ0n) is 7.49. The van der Waals surface area contributed by atoms with Crippen LogP contribution in [-0.2, 0) is 0 Å². The van der Waals surface area contributed by atoms with Crippen LogP contribution in [0.5, 0.6) is 0 Å². The second kappa shape index (κ2) is 4.84. The average Bonchev–Trinajstić information content (AvgIpc) is 2.65. The van der Waals surface area contributed by atoms with Gasteiger partial charge in [0.15, 0.2) is 0 Å². The molecule has 0 aromatic carbocycles. The molecule has 0 aliphatic carbocycles. The smallest absolute Gasteiger partial charge is 0.365 e. The number of nitrogens with zero attached hydrogens (tertiary/aromatic N) is 2. The maximum Gasteiger partial charge on any atom is 0.365 e. The third-order valence-electron chi connectivity index (χ3n) is 1.67. The molecule has 2 atom stereocenters. The number of aromatic nitrogens is 1. The van der Waals surface area contributed by atoms with Crippen molar-refractivity contribution in [3.8, 4) is 6.07 Å². The van der Waals surface area contributed by atoms with Crippen LogP contribution >= 0.6 is 11.3 Å². The highest BCUT2D eigenvalue weighted by molar-refractivity contribution is 7.11. The van der Waals surface area contributed by atoms with E-state index in [-0.39, 0.29) is 17.1 Å². The molecule has 0 amide bonds. The van der Waals surface area contributed by atoms with E-state index in [9.17, 15) is 15.0 Å². The van der Waals surface area contributed by atoms with E-state index in [0.29, 0.717) is 0 Å². The second-order valence-corrected chi connectivity index (χ2v) is 3.62. The molecule has 1 aromatic rings. The maximum absolute atomic E-state index is 10.5. The molecule has 15 heavy (non-hydrogen) atoms. The van der Waals surface area contributed by atoms with Crippen molar-refractivity contribution in [1.82, 2.24) is 4.98 Å². The van der Waals surface area contributed by atoms with E-state index in [0.717, 1.165) is 11.3 Å². The van der Waals surface area contributed by atoms with Gasteiger partial charge < -0.3 is 15.3 Å². The van der Waals surface area contributed by atoms with Gasteiger partial charge in [0.25, 0.3) is 0 Å². The SMILES string of the molecule is N#CCC(O)C(O)c1csc(C(=O)O)n1. The zero-order chi connectivity index (χ0) is 11.4. The molecular formula is C8H8N2O4S. The lowest BCUT2D eigenvalue weighted by atomic mass is 10.1. The number of hydrogen-bond donors (Lipinski definition) is 3. The predicted octanol–water partition coefficient (Wildman–Crippen LogP) is 0.149. The normalized spacial score (nSPS) is 14.2. The number of aliphatic hydroxyl groups excluding tert-OH is 2. The van der Waals surface area contributed by atoms with Gasteiger partial charge in [-0.2, -0.15) is 5.26 Å². The van der Waals surface area contributed by atoms with E-state index in [1.807, 2.05) is 0 Å². The van der Waals surface area contributed by atoms with Gasteiger partial charge >= 0.3 is 5.97 Å². The molecule has 1 rings (SSSR count). The molecule has 0 bridgehead atoms. The first-order chi connectivity index (χ1) is 7.06. The van der Waals surface area contributed by atoms with E-state index in [2.05, 4.69) is 4.98 Å². The fourth-order valence-corrected chi connectivity index (χ4v) is 1.61. The Labute approximate surface area is 89.1 Å². The molecule has 0 aliphatic rings. The molecule has 0 spiro atoms. The van der Waals surface area contributed by atoms with Gasteiger partial charge in [0.2, 0.25) is 5.01 Å². The Balaban J connectivity index is 2.78. The monoisotopic (exact) mass is 228 g/mol. The van der Waals surface area contributed by atoms with Gasteiger partial charge in [0.1, 0.15) is 6.10 Å². The number of carboxylic acids is 1. The van der Waals surface area contributed by atoms with Crippen molar-refractivity contribution in [1.29, 1.82) is 5.26 Å². The van der Waals surface area contributed by atoms with Gasteiger partial charge in [-0.3, -0.25) is 0 Å². The summed E-state index contributed by atoms with van der Waals surface area (Å²) in [5.74, 6) is -1.19. The van der Waals surface area contributed by atoms with E-state index >= 15 is 0 Å². The number of hydrogen-bond acceptors (Lipinski definition) is 6. The lowest BCUT2D eigenvalue weighted by molar-refractivity contribution is 0.0192.